The maximum absolute atomic E-state index is 13.2. The van der Waals surface area contributed by atoms with Gasteiger partial charge in [-0.1, -0.05) is 45.8 Å². The predicted octanol–water partition coefficient (Wildman–Crippen LogP) is 4.64. The summed E-state index contributed by atoms with van der Waals surface area (Å²) in [5, 5.41) is 0. The van der Waals surface area contributed by atoms with Gasteiger partial charge < -0.3 is 0 Å². The quantitative estimate of drug-likeness (QED) is 0.778. The molecule has 0 amide bonds. The first kappa shape index (κ1) is 14.9. The number of ketones is 1. The molecular weight excluding hydrogens is 319 g/mol. The van der Waals surface area contributed by atoms with Crippen molar-refractivity contribution in [3.05, 3.63) is 69.4 Å². The number of hydrogen-bond donors (Lipinski definition) is 0. The van der Waals surface area contributed by atoms with Gasteiger partial charge in [0, 0.05) is 17.3 Å². The van der Waals surface area contributed by atoms with E-state index in [9.17, 15) is 9.18 Å². The topological polar surface area (TPSA) is 17.1 Å². The van der Waals surface area contributed by atoms with Gasteiger partial charge in [0.25, 0.3) is 0 Å². The first-order valence-electron chi connectivity index (χ1n) is 6.55. The van der Waals surface area contributed by atoms with Crippen LogP contribution in [0.3, 0.4) is 0 Å². The SMILES string of the molecule is Cc1cccc(CCC(=O)Cc2cc(F)cc(Br)c2)c1. The molecule has 0 fully saturated rings. The van der Waals surface area contributed by atoms with Crippen LogP contribution in [-0.2, 0) is 17.6 Å². The lowest BCUT2D eigenvalue weighted by Crippen LogP contribution is -2.04. The summed E-state index contributed by atoms with van der Waals surface area (Å²) in [4.78, 5) is 12.0. The molecule has 0 saturated heterocycles. The van der Waals surface area contributed by atoms with Crippen LogP contribution in [0.25, 0.3) is 0 Å². The largest absolute Gasteiger partial charge is 0.299 e. The Hall–Kier alpha value is -1.48. The normalized spacial score (nSPS) is 10.6. The highest BCUT2D eigenvalue weighted by atomic mass is 79.9. The van der Waals surface area contributed by atoms with Crippen LogP contribution < -0.4 is 0 Å². The monoisotopic (exact) mass is 334 g/mol. The molecule has 3 heteroatoms. The van der Waals surface area contributed by atoms with Crippen molar-refractivity contribution in [2.24, 2.45) is 0 Å². The molecule has 2 aromatic carbocycles. The van der Waals surface area contributed by atoms with Crippen molar-refractivity contribution >= 4 is 21.7 Å². The van der Waals surface area contributed by atoms with Crippen molar-refractivity contribution in [1.29, 1.82) is 0 Å². The van der Waals surface area contributed by atoms with Gasteiger partial charge >= 0.3 is 0 Å². The molecule has 0 radical (unpaired) electrons. The fourth-order valence-electron chi connectivity index (χ4n) is 2.18. The highest BCUT2D eigenvalue weighted by Crippen LogP contribution is 2.16. The van der Waals surface area contributed by atoms with E-state index >= 15 is 0 Å². The number of carbonyl (C=O) groups excluding carboxylic acids is 1. The van der Waals surface area contributed by atoms with E-state index in [4.69, 9.17) is 0 Å². The predicted molar refractivity (Wildman–Crippen MR) is 82.3 cm³/mol. The van der Waals surface area contributed by atoms with E-state index in [0.717, 1.165) is 6.42 Å². The third kappa shape index (κ3) is 4.57. The summed E-state index contributed by atoms with van der Waals surface area (Å²) in [7, 11) is 0. The van der Waals surface area contributed by atoms with Gasteiger partial charge in [0.2, 0.25) is 0 Å². The lowest BCUT2D eigenvalue weighted by Gasteiger charge is -2.04. The second-order valence-corrected chi connectivity index (χ2v) is 5.90. The molecule has 0 saturated carbocycles. The number of aryl methyl sites for hydroxylation is 2. The molecule has 1 nitrogen and oxygen atoms in total. The second-order valence-electron chi connectivity index (χ2n) is 4.98. The molecule has 2 aromatic rings. The molecule has 104 valence electrons. The van der Waals surface area contributed by atoms with E-state index in [2.05, 4.69) is 22.0 Å². The minimum Gasteiger partial charge on any atom is -0.299 e. The molecule has 0 spiro atoms. The van der Waals surface area contributed by atoms with Gasteiger partial charge in [-0.2, -0.15) is 0 Å². The van der Waals surface area contributed by atoms with Gasteiger partial charge in [0.1, 0.15) is 11.6 Å². The Labute approximate surface area is 127 Å². The third-order valence-electron chi connectivity index (χ3n) is 3.10. The Kier molecular flexibility index (Phi) is 5.07. The zero-order valence-electron chi connectivity index (χ0n) is 11.3. The van der Waals surface area contributed by atoms with Crippen molar-refractivity contribution in [3.63, 3.8) is 0 Å². The van der Waals surface area contributed by atoms with E-state index < -0.39 is 0 Å². The smallest absolute Gasteiger partial charge is 0.137 e. The molecule has 0 unspecified atom stereocenters. The summed E-state index contributed by atoms with van der Waals surface area (Å²) in [5.41, 5.74) is 3.08. The Morgan fingerprint density at radius 3 is 2.65 bits per heavy atom. The summed E-state index contributed by atoms with van der Waals surface area (Å²) in [6.07, 6.45) is 1.50. The molecule has 0 heterocycles. The van der Waals surface area contributed by atoms with E-state index in [1.807, 2.05) is 25.1 Å². The van der Waals surface area contributed by atoms with Gasteiger partial charge in [0.15, 0.2) is 0 Å². The summed E-state index contributed by atoms with van der Waals surface area (Å²) < 4.78 is 13.9. The first-order chi connectivity index (χ1) is 9.52. The van der Waals surface area contributed by atoms with Gasteiger partial charge in [0.05, 0.1) is 0 Å². The van der Waals surface area contributed by atoms with Crippen LogP contribution in [-0.4, -0.2) is 5.78 Å². The highest BCUT2D eigenvalue weighted by molar-refractivity contribution is 9.10. The van der Waals surface area contributed by atoms with Crippen molar-refractivity contribution in [2.45, 2.75) is 26.2 Å². The zero-order valence-corrected chi connectivity index (χ0v) is 12.9. The lowest BCUT2D eigenvalue weighted by molar-refractivity contribution is -0.118. The maximum atomic E-state index is 13.2. The summed E-state index contributed by atoms with van der Waals surface area (Å²) in [5.74, 6) is -0.190. The van der Waals surface area contributed by atoms with Crippen molar-refractivity contribution in [1.82, 2.24) is 0 Å². The van der Waals surface area contributed by atoms with E-state index in [-0.39, 0.29) is 18.0 Å². The van der Waals surface area contributed by atoms with Crippen molar-refractivity contribution < 1.29 is 9.18 Å². The molecule has 2 rings (SSSR count). The standard InChI is InChI=1S/C17H16BrFO/c1-12-3-2-4-13(7-12)5-6-17(20)10-14-8-15(18)11-16(19)9-14/h2-4,7-9,11H,5-6,10H2,1H3. The number of carbonyl (C=O) groups is 1. The zero-order chi connectivity index (χ0) is 14.5. The Morgan fingerprint density at radius 2 is 1.95 bits per heavy atom. The van der Waals surface area contributed by atoms with Crippen LogP contribution >= 0.6 is 15.9 Å². The molecule has 0 aliphatic rings. The van der Waals surface area contributed by atoms with Crippen LogP contribution in [0.5, 0.6) is 0 Å². The van der Waals surface area contributed by atoms with Crippen LogP contribution in [0, 0.1) is 12.7 Å². The van der Waals surface area contributed by atoms with Crippen LogP contribution in [0.1, 0.15) is 23.1 Å². The Morgan fingerprint density at radius 1 is 1.15 bits per heavy atom. The van der Waals surface area contributed by atoms with E-state index in [1.54, 1.807) is 6.07 Å². The van der Waals surface area contributed by atoms with Crippen molar-refractivity contribution in [3.8, 4) is 0 Å². The van der Waals surface area contributed by atoms with E-state index in [0.29, 0.717) is 16.5 Å². The van der Waals surface area contributed by atoms with Gasteiger partial charge in [-0.25, -0.2) is 4.39 Å². The highest BCUT2D eigenvalue weighted by Gasteiger charge is 2.07. The average Bonchev–Trinajstić information content (AvgIpc) is 2.35. The van der Waals surface area contributed by atoms with Crippen LogP contribution in [0.15, 0.2) is 46.9 Å². The number of halogens is 2. The number of hydrogen-bond acceptors (Lipinski definition) is 1. The maximum Gasteiger partial charge on any atom is 0.137 e. The van der Waals surface area contributed by atoms with Gasteiger partial charge in [-0.3, -0.25) is 4.79 Å². The van der Waals surface area contributed by atoms with Crippen LogP contribution in [0.4, 0.5) is 4.39 Å². The third-order valence-corrected chi connectivity index (χ3v) is 3.56. The minimum absolute atomic E-state index is 0.129. The summed E-state index contributed by atoms with van der Waals surface area (Å²) in [6, 6.07) is 12.7. The second kappa shape index (κ2) is 6.80. The number of Topliss-reactive ketones (excluding diaryl/α,β-unsaturated/α-hetero) is 1. The fraction of sp³-hybridized carbons (Fsp3) is 0.235. The van der Waals surface area contributed by atoms with E-state index in [1.165, 1.54) is 23.3 Å². The fourth-order valence-corrected chi connectivity index (χ4v) is 2.69. The molecular formula is C17H16BrFO. The molecule has 0 atom stereocenters. The minimum atomic E-state index is -0.319. The average molecular weight is 335 g/mol. The summed E-state index contributed by atoms with van der Waals surface area (Å²) in [6.45, 7) is 2.04. The molecule has 0 N–H and O–H groups in total. The Balaban J connectivity index is 1.92. The van der Waals surface area contributed by atoms with Crippen LogP contribution in [0.2, 0.25) is 0 Å². The van der Waals surface area contributed by atoms with Gasteiger partial charge in [-0.15, -0.1) is 0 Å². The summed E-state index contributed by atoms with van der Waals surface area (Å²) >= 11 is 3.24. The van der Waals surface area contributed by atoms with Gasteiger partial charge in [-0.05, 0) is 42.7 Å². The van der Waals surface area contributed by atoms with Crippen molar-refractivity contribution in [2.75, 3.05) is 0 Å². The molecule has 0 bridgehead atoms. The molecule has 20 heavy (non-hydrogen) atoms. The first-order valence-corrected chi connectivity index (χ1v) is 7.34. The number of rotatable bonds is 5. The molecule has 0 aliphatic heterocycles. The lowest BCUT2D eigenvalue weighted by atomic mass is 10.0. The number of benzene rings is 2. The Bertz CT molecular complexity index is 602. The molecule has 0 aromatic heterocycles. The molecule has 0 aliphatic carbocycles.